The SMILES string of the molecule is Cc1cnn(CCCNC(=O)c2cccc(S(=O)(=O)N3CCN(c4ccc(F)cc4)CC3)c2)c1. The summed E-state index contributed by atoms with van der Waals surface area (Å²) >= 11 is 0. The van der Waals surface area contributed by atoms with Crippen LogP contribution in [0.1, 0.15) is 22.3 Å². The highest BCUT2D eigenvalue weighted by Gasteiger charge is 2.29. The van der Waals surface area contributed by atoms with Crippen LogP contribution in [0.5, 0.6) is 0 Å². The van der Waals surface area contributed by atoms with Gasteiger partial charge in [0.25, 0.3) is 5.91 Å². The highest BCUT2D eigenvalue weighted by molar-refractivity contribution is 7.89. The molecule has 1 fully saturated rings. The number of aryl methyl sites for hydroxylation is 2. The Balaban J connectivity index is 1.33. The quantitative estimate of drug-likeness (QED) is 0.496. The second kappa shape index (κ2) is 10.4. The van der Waals surface area contributed by atoms with E-state index < -0.39 is 10.0 Å². The molecule has 10 heteroatoms. The van der Waals surface area contributed by atoms with Gasteiger partial charge in [-0.2, -0.15) is 9.40 Å². The molecule has 1 amide bonds. The smallest absolute Gasteiger partial charge is 0.251 e. The number of nitrogens with zero attached hydrogens (tertiary/aromatic N) is 4. The molecule has 4 rings (SSSR count). The van der Waals surface area contributed by atoms with Gasteiger partial charge in [0.15, 0.2) is 0 Å². The van der Waals surface area contributed by atoms with Gasteiger partial charge in [-0.15, -0.1) is 0 Å². The van der Waals surface area contributed by atoms with E-state index in [1.54, 1.807) is 30.5 Å². The van der Waals surface area contributed by atoms with Crippen LogP contribution in [0.3, 0.4) is 0 Å². The molecule has 8 nitrogen and oxygen atoms in total. The van der Waals surface area contributed by atoms with Gasteiger partial charge in [0, 0.05) is 56.7 Å². The lowest BCUT2D eigenvalue weighted by molar-refractivity contribution is 0.0952. The van der Waals surface area contributed by atoms with Crippen LogP contribution < -0.4 is 10.2 Å². The zero-order valence-corrected chi connectivity index (χ0v) is 19.8. The third kappa shape index (κ3) is 5.63. The molecule has 34 heavy (non-hydrogen) atoms. The second-order valence-corrected chi connectivity index (χ2v) is 10.2. The number of carbonyl (C=O) groups is 1. The number of benzene rings is 2. The zero-order valence-electron chi connectivity index (χ0n) is 19.0. The Bertz CT molecular complexity index is 1240. The van der Waals surface area contributed by atoms with Gasteiger partial charge < -0.3 is 10.2 Å². The number of piperazine rings is 1. The summed E-state index contributed by atoms with van der Waals surface area (Å²) in [6.07, 6.45) is 4.44. The lowest BCUT2D eigenvalue weighted by Gasteiger charge is -2.35. The van der Waals surface area contributed by atoms with Crippen molar-refractivity contribution in [2.75, 3.05) is 37.6 Å². The maximum atomic E-state index is 13.2. The Kier molecular flexibility index (Phi) is 7.28. The van der Waals surface area contributed by atoms with E-state index >= 15 is 0 Å². The van der Waals surface area contributed by atoms with Crippen molar-refractivity contribution in [2.45, 2.75) is 24.8 Å². The number of anilines is 1. The van der Waals surface area contributed by atoms with Crippen molar-refractivity contribution in [2.24, 2.45) is 0 Å². The highest BCUT2D eigenvalue weighted by atomic mass is 32.2. The predicted molar refractivity (Wildman–Crippen MR) is 128 cm³/mol. The summed E-state index contributed by atoms with van der Waals surface area (Å²) in [5, 5.41) is 7.05. The molecule has 0 aliphatic carbocycles. The van der Waals surface area contributed by atoms with E-state index in [1.807, 2.05) is 22.7 Å². The summed E-state index contributed by atoms with van der Waals surface area (Å²) in [5.74, 6) is -0.614. The summed E-state index contributed by atoms with van der Waals surface area (Å²) in [4.78, 5) is 14.7. The number of rotatable bonds is 8. The van der Waals surface area contributed by atoms with E-state index in [-0.39, 0.29) is 16.6 Å². The van der Waals surface area contributed by atoms with Gasteiger partial charge in [-0.1, -0.05) is 6.07 Å². The molecule has 0 radical (unpaired) electrons. The Morgan fingerprint density at radius 2 is 1.82 bits per heavy atom. The molecule has 1 N–H and O–H groups in total. The minimum absolute atomic E-state index is 0.0994. The highest BCUT2D eigenvalue weighted by Crippen LogP contribution is 2.22. The molecule has 180 valence electrons. The van der Waals surface area contributed by atoms with E-state index in [0.29, 0.717) is 51.3 Å². The molecule has 1 aliphatic heterocycles. The van der Waals surface area contributed by atoms with Crippen LogP contribution in [0.15, 0.2) is 65.8 Å². The number of hydrogen-bond donors (Lipinski definition) is 1. The zero-order chi connectivity index (χ0) is 24.1. The third-order valence-electron chi connectivity index (χ3n) is 5.78. The molecular weight excluding hydrogens is 457 g/mol. The van der Waals surface area contributed by atoms with Crippen molar-refractivity contribution in [3.05, 3.63) is 77.9 Å². The number of halogens is 1. The lowest BCUT2D eigenvalue weighted by Crippen LogP contribution is -2.48. The number of sulfonamides is 1. The van der Waals surface area contributed by atoms with Crippen LogP contribution in [-0.4, -0.2) is 61.1 Å². The van der Waals surface area contributed by atoms with E-state index in [9.17, 15) is 17.6 Å². The van der Waals surface area contributed by atoms with Crippen LogP contribution in [0.2, 0.25) is 0 Å². The van der Waals surface area contributed by atoms with Crippen molar-refractivity contribution >= 4 is 21.6 Å². The second-order valence-electron chi connectivity index (χ2n) is 8.29. The van der Waals surface area contributed by atoms with Gasteiger partial charge >= 0.3 is 0 Å². The summed E-state index contributed by atoms with van der Waals surface area (Å²) < 4.78 is 42.8. The molecule has 0 atom stereocenters. The largest absolute Gasteiger partial charge is 0.369 e. The Hall–Kier alpha value is -3.24. The van der Waals surface area contributed by atoms with Crippen LogP contribution in [-0.2, 0) is 16.6 Å². The number of nitrogens with one attached hydrogen (secondary N) is 1. The van der Waals surface area contributed by atoms with Crippen molar-refractivity contribution in [3.63, 3.8) is 0 Å². The molecule has 2 heterocycles. The molecular formula is C24H28FN5O3S. The van der Waals surface area contributed by atoms with E-state index in [0.717, 1.165) is 11.3 Å². The van der Waals surface area contributed by atoms with E-state index in [2.05, 4.69) is 10.4 Å². The number of carbonyl (C=O) groups excluding carboxylic acids is 1. The van der Waals surface area contributed by atoms with Crippen LogP contribution in [0.25, 0.3) is 0 Å². The maximum absolute atomic E-state index is 13.2. The first-order chi connectivity index (χ1) is 16.3. The Morgan fingerprint density at radius 3 is 2.50 bits per heavy atom. The predicted octanol–water partition coefficient (Wildman–Crippen LogP) is 2.66. The molecule has 1 saturated heterocycles. The van der Waals surface area contributed by atoms with E-state index in [4.69, 9.17) is 0 Å². The molecule has 0 unspecified atom stereocenters. The standard InChI is InChI=1S/C24H28FN5O3S/c1-19-17-27-29(18-19)11-3-10-26-24(31)20-4-2-5-23(16-20)34(32,33)30-14-12-28(13-15-30)22-8-6-21(25)7-9-22/h2,4-9,16-18H,3,10-15H2,1H3,(H,26,31). The topological polar surface area (TPSA) is 87.5 Å². The molecule has 0 bridgehead atoms. The fourth-order valence-corrected chi connectivity index (χ4v) is 5.39. The fraction of sp³-hybridized carbons (Fsp3) is 0.333. The summed E-state index contributed by atoms with van der Waals surface area (Å²) in [6.45, 7) is 4.73. The normalized spacial score (nSPS) is 14.8. The summed E-state index contributed by atoms with van der Waals surface area (Å²) in [7, 11) is -3.73. The third-order valence-corrected chi connectivity index (χ3v) is 7.67. The molecule has 2 aromatic carbocycles. The number of amides is 1. The van der Waals surface area contributed by atoms with Gasteiger partial charge in [0.1, 0.15) is 5.82 Å². The Labute approximate surface area is 199 Å². The monoisotopic (exact) mass is 485 g/mol. The van der Waals surface area contributed by atoms with Gasteiger partial charge in [0.05, 0.1) is 11.1 Å². The van der Waals surface area contributed by atoms with Crippen molar-refractivity contribution in [1.29, 1.82) is 0 Å². The van der Waals surface area contributed by atoms with Gasteiger partial charge in [0.2, 0.25) is 10.0 Å². The first-order valence-electron chi connectivity index (χ1n) is 11.2. The lowest BCUT2D eigenvalue weighted by atomic mass is 10.2. The van der Waals surface area contributed by atoms with Crippen LogP contribution in [0.4, 0.5) is 10.1 Å². The molecule has 0 saturated carbocycles. The molecule has 3 aromatic rings. The van der Waals surface area contributed by atoms with Gasteiger partial charge in [-0.25, -0.2) is 12.8 Å². The maximum Gasteiger partial charge on any atom is 0.251 e. The summed E-state index contributed by atoms with van der Waals surface area (Å²) in [6, 6.07) is 12.3. The summed E-state index contributed by atoms with van der Waals surface area (Å²) in [5.41, 5.74) is 2.25. The molecule has 1 aromatic heterocycles. The average Bonchev–Trinajstić information content (AvgIpc) is 3.27. The number of aromatic nitrogens is 2. The van der Waals surface area contributed by atoms with Crippen LogP contribution >= 0.6 is 0 Å². The van der Waals surface area contributed by atoms with Gasteiger partial charge in [-0.3, -0.25) is 9.48 Å². The Morgan fingerprint density at radius 1 is 1.09 bits per heavy atom. The fourth-order valence-electron chi connectivity index (χ4n) is 3.92. The first-order valence-corrected chi connectivity index (χ1v) is 12.6. The minimum Gasteiger partial charge on any atom is -0.369 e. The minimum atomic E-state index is -3.73. The van der Waals surface area contributed by atoms with Crippen LogP contribution in [0, 0.1) is 12.7 Å². The van der Waals surface area contributed by atoms with Gasteiger partial charge in [-0.05, 0) is 61.4 Å². The molecule has 0 spiro atoms. The molecule has 1 aliphatic rings. The first kappa shape index (κ1) is 23.9. The average molecular weight is 486 g/mol. The van der Waals surface area contributed by atoms with Crippen molar-refractivity contribution < 1.29 is 17.6 Å². The number of hydrogen-bond acceptors (Lipinski definition) is 5. The van der Waals surface area contributed by atoms with Crippen molar-refractivity contribution in [1.82, 2.24) is 19.4 Å². The van der Waals surface area contributed by atoms with E-state index in [1.165, 1.54) is 28.6 Å². The van der Waals surface area contributed by atoms with Crippen molar-refractivity contribution in [3.8, 4) is 0 Å².